The Labute approximate surface area is 234 Å². The molecule has 0 spiro atoms. The lowest BCUT2D eigenvalue weighted by molar-refractivity contribution is 0.0950. The first-order valence-corrected chi connectivity index (χ1v) is 15.2. The standard InChI is InChI=1S/C30H35FN2O6S/c1-40(37,38)29-16-27(14-15-28(29)35)39-19-26(34)18-32-25-12-8-22(9-13-25)21-4-6-23(7-5-21)30(36)33-17-20-2-10-24(31)11-3-20/h2-7,10-11,14-16,22,25-26,32,34-35H,8-9,12-13,17-19H2,1H3,(H,33,36)/t22-,25-,26-/m0/s1. The fourth-order valence-corrected chi connectivity index (χ4v) is 5.64. The fraction of sp³-hybridized carbons (Fsp3) is 0.367. The zero-order valence-electron chi connectivity index (χ0n) is 22.3. The molecule has 1 aliphatic rings. The van der Waals surface area contributed by atoms with E-state index in [1.54, 1.807) is 12.1 Å². The smallest absolute Gasteiger partial charge is 0.251 e. The van der Waals surface area contributed by atoms with E-state index in [1.807, 2.05) is 24.3 Å². The van der Waals surface area contributed by atoms with E-state index >= 15 is 0 Å². The first-order valence-electron chi connectivity index (χ1n) is 13.3. The van der Waals surface area contributed by atoms with Gasteiger partial charge in [-0.15, -0.1) is 0 Å². The van der Waals surface area contributed by atoms with Gasteiger partial charge < -0.3 is 25.6 Å². The quantitative estimate of drug-likeness (QED) is 0.275. The molecule has 1 aliphatic carbocycles. The van der Waals surface area contributed by atoms with E-state index in [0.717, 1.165) is 37.5 Å². The van der Waals surface area contributed by atoms with Gasteiger partial charge in [-0.05, 0) is 79.1 Å². The molecule has 8 nitrogen and oxygen atoms in total. The van der Waals surface area contributed by atoms with Crippen LogP contribution in [0.4, 0.5) is 4.39 Å². The van der Waals surface area contributed by atoms with E-state index < -0.39 is 15.9 Å². The van der Waals surface area contributed by atoms with E-state index in [4.69, 9.17) is 4.74 Å². The van der Waals surface area contributed by atoms with Crippen LogP contribution in [-0.4, -0.2) is 56.1 Å². The maximum atomic E-state index is 13.0. The van der Waals surface area contributed by atoms with Crippen molar-refractivity contribution in [1.82, 2.24) is 10.6 Å². The Kier molecular flexibility index (Phi) is 9.78. The van der Waals surface area contributed by atoms with E-state index in [1.165, 1.54) is 35.9 Å². The molecular weight excluding hydrogens is 535 g/mol. The Morgan fingerprint density at radius 1 is 1.02 bits per heavy atom. The predicted molar refractivity (Wildman–Crippen MR) is 150 cm³/mol. The molecule has 0 heterocycles. The van der Waals surface area contributed by atoms with E-state index in [2.05, 4.69) is 10.6 Å². The third-order valence-electron chi connectivity index (χ3n) is 7.15. The number of aromatic hydroxyl groups is 1. The number of hydrogen-bond donors (Lipinski definition) is 4. The highest BCUT2D eigenvalue weighted by Gasteiger charge is 2.23. The van der Waals surface area contributed by atoms with Crippen LogP contribution in [0.3, 0.4) is 0 Å². The third kappa shape index (κ3) is 8.27. The van der Waals surface area contributed by atoms with Gasteiger partial charge in [-0.2, -0.15) is 0 Å². The molecule has 1 saturated carbocycles. The second-order valence-corrected chi connectivity index (χ2v) is 12.2. The molecule has 4 N–H and O–H groups in total. The van der Waals surface area contributed by atoms with Gasteiger partial charge in [0.1, 0.15) is 34.9 Å². The molecule has 1 atom stereocenters. The molecule has 0 saturated heterocycles. The molecule has 40 heavy (non-hydrogen) atoms. The largest absolute Gasteiger partial charge is 0.507 e. The van der Waals surface area contributed by atoms with Gasteiger partial charge in [0.15, 0.2) is 9.84 Å². The van der Waals surface area contributed by atoms with Crippen LogP contribution in [0.1, 0.15) is 53.1 Å². The van der Waals surface area contributed by atoms with Crippen LogP contribution in [-0.2, 0) is 16.4 Å². The molecule has 1 fully saturated rings. The van der Waals surface area contributed by atoms with Crippen molar-refractivity contribution in [2.75, 3.05) is 19.4 Å². The van der Waals surface area contributed by atoms with Gasteiger partial charge >= 0.3 is 0 Å². The third-order valence-corrected chi connectivity index (χ3v) is 8.28. The Morgan fingerprint density at radius 2 is 1.70 bits per heavy atom. The van der Waals surface area contributed by atoms with Crippen molar-refractivity contribution >= 4 is 15.7 Å². The van der Waals surface area contributed by atoms with Gasteiger partial charge in [-0.25, -0.2) is 12.8 Å². The first kappa shape index (κ1) is 29.5. The number of hydrogen-bond acceptors (Lipinski definition) is 7. The van der Waals surface area contributed by atoms with Gasteiger partial charge in [-0.1, -0.05) is 24.3 Å². The van der Waals surface area contributed by atoms with Crippen molar-refractivity contribution in [2.24, 2.45) is 0 Å². The van der Waals surface area contributed by atoms with Crippen molar-refractivity contribution < 1.29 is 32.6 Å². The number of ether oxygens (including phenoxy) is 1. The summed E-state index contributed by atoms with van der Waals surface area (Å²) in [5.74, 6) is -0.159. The number of aliphatic hydroxyl groups excluding tert-OH is 1. The molecule has 0 aromatic heterocycles. The Balaban J connectivity index is 1.17. The summed E-state index contributed by atoms with van der Waals surface area (Å²) < 4.78 is 42.1. The molecule has 0 bridgehead atoms. The van der Waals surface area contributed by atoms with Gasteiger partial charge in [0.2, 0.25) is 0 Å². The number of carbonyl (C=O) groups excluding carboxylic acids is 1. The van der Waals surface area contributed by atoms with E-state index in [9.17, 15) is 27.8 Å². The number of amides is 1. The summed E-state index contributed by atoms with van der Waals surface area (Å²) in [4.78, 5) is 12.3. The number of phenolic OH excluding ortho intramolecular Hbond substituents is 1. The first-order chi connectivity index (χ1) is 19.1. The van der Waals surface area contributed by atoms with Crippen LogP contribution >= 0.6 is 0 Å². The number of nitrogens with one attached hydrogen (secondary N) is 2. The average Bonchev–Trinajstić information content (AvgIpc) is 2.95. The fourth-order valence-electron chi connectivity index (χ4n) is 4.86. The highest BCUT2D eigenvalue weighted by atomic mass is 32.2. The summed E-state index contributed by atoms with van der Waals surface area (Å²) in [6, 6.07) is 18.0. The maximum Gasteiger partial charge on any atom is 0.251 e. The van der Waals surface area contributed by atoms with Crippen molar-refractivity contribution in [3.8, 4) is 11.5 Å². The lowest BCUT2D eigenvalue weighted by Crippen LogP contribution is -2.39. The normalized spacial score (nSPS) is 18.2. The van der Waals surface area contributed by atoms with Gasteiger partial charge in [0, 0.05) is 37.0 Å². The van der Waals surface area contributed by atoms with Crippen molar-refractivity contribution in [2.45, 2.75) is 55.2 Å². The van der Waals surface area contributed by atoms with Crippen LogP contribution in [0.15, 0.2) is 71.6 Å². The van der Waals surface area contributed by atoms with Crippen LogP contribution in [0.25, 0.3) is 0 Å². The summed E-state index contributed by atoms with van der Waals surface area (Å²) in [6.45, 7) is 0.661. The van der Waals surface area contributed by atoms with Crippen LogP contribution < -0.4 is 15.4 Å². The minimum Gasteiger partial charge on any atom is -0.507 e. The highest BCUT2D eigenvalue weighted by Crippen LogP contribution is 2.33. The number of phenols is 1. The molecule has 3 aromatic carbocycles. The predicted octanol–water partition coefficient (Wildman–Crippen LogP) is 3.92. The zero-order valence-corrected chi connectivity index (χ0v) is 23.2. The van der Waals surface area contributed by atoms with Gasteiger partial charge in [0.05, 0.1) is 0 Å². The number of sulfone groups is 1. The van der Waals surface area contributed by atoms with Crippen LogP contribution in [0, 0.1) is 5.82 Å². The molecule has 0 aliphatic heterocycles. The summed E-state index contributed by atoms with van der Waals surface area (Å²) >= 11 is 0. The van der Waals surface area contributed by atoms with E-state index in [-0.39, 0.29) is 40.8 Å². The molecule has 214 valence electrons. The molecular formula is C30H35FN2O6S. The number of halogens is 1. The number of rotatable bonds is 11. The molecule has 3 aromatic rings. The lowest BCUT2D eigenvalue weighted by Gasteiger charge is -2.30. The lowest BCUT2D eigenvalue weighted by atomic mass is 9.81. The summed E-state index contributed by atoms with van der Waals surface area (Å²) in [5, 5.41) is 26.3. The van der Waals surface area contributed by atoms with E-state index in [0.29, 0.717) is 24.6 Å². The SMILES string of the molecule is CS(=O)(=O)c1cc(OC[C@@H](O)CN[C@H]2CC[C@H](c3ccc(C(=O)NCc4ccc(F)cc4)cc3)CC2)ccc1O. The minimum atomic E-state index is -3.60. The van der Waals surface area contributed by atoms with Crippen molar-refractivity contribution in [1.29, 1.82) is 0 Å². The highest BCUT2D eigenvalue weighted by molar-refractivity contribution is 7.90. The summed E-state index contributed by atoms with van der Waals surface area (Å²) in [5.41, 5.74) is 2.61. The number of aliphatic hydroxyl groups is 1. The topological polar surface area (TPSA) is 125 Å². The molecule has 10 heteroatoms. The summed E-state index contributed by atoms with van der Waals surface area (Å²) in [6.07, 6.45) is 4.11. The van der Waals surface area contributed by atoms with Crippen molar-refractivity contribution in [3.05, 3.63) is 89.2 Å². The van der Waals surface area contributed by atoms with Gasteiger partial charge in [-0.3, -0.25) is 4.79 Å². The second kappa shape index (κ2) is 13.3. The Bertz CT molecular complexity index is 1390. The average molecular weight is 571 g/mol. The summed E-state index contributed by atoms with van der Waals surface area (Å²) in [7, 11) is -3.60. The second-order valence-electron chi connectivity index (χ2n) is 10.3. The monoisotopic (exact) mass is 570 g/mol. The van der Waals surface area contributed by atoms with Crippen LogP contribution in [0.2, 0.25) is 0 Å². The molecule has 0 radical (unpaired) electrons. The zero-order chi connectivity index (χ0) is 28.7. The molecule has 0 unspecified atom stereocenters. The molecule has 4 rings (SSSR count). The Morgan fingerprint density at radius 3 is 2.35 bits per heavy atom. The van der Waals surface area contributed by atoms with Crippen LogP contribution in [0.5, 0.6) is 11.5 Å². The molecule has 1 amide bonds. The van der Waals surface area contributed by atoms with Gasteiger partial charge in [0.25, 0.3) is 5.91 Å². The number of carbonyl (C=O) groups is 1. The Hall–Kier alpha value is -3.47. The van der Waals surface area contributed by atoms with Crippen molar-refractivity contribution in [3.63, 3.8) is 0 Å². The minimum absolute atomic E-state index is 0.0137. The maximum absolute atomic E-state index is 13.0. The number of benzene rings is 3.